The van der Waals surface area contributed by atoms with E-state index in [1.165, 1.54) is 18.0 Å². The van der Waals surface area contributed by atoms with Gasteiger partial charge in [0.15, 0.2) is 0 Å². The van der Waals surface area contributed by atoms with Gasteiger partial charge in [0, 0.05) is 27.9 Å². The molecule has 0 saturated heterocycles. The first-order valence-corrected chi connectivity index (χ1v) is 11.0. The number of pyridine rings is 2. The molecule has 4 rings (SSSR count). The predicted molar refractivity (Wildman–Crippen MR) is 130 cm³/mol. The average Bonchev–Trinajstić information content (AvgIpc) is 2.82. The molecule has 5 nitrogen and oxygen atoms in total. The van der Waals surface area contributed by atoms with Crippen LogP contribution < -0.4 is 4.73 Å². The minimum atomic E-state index is -0.442. The topological polar surface area (TPSA) is 63.3 Å². The highest BCUT2D eigenvalue weighted by Gasteiger charge is 2.17. The van der Waals surface area contributed by atoms with Crippen LogP contribution in [0.4, 0.5) is 0 Å². The van der Waals surface area contributed by atoms with Crippen LogP contribution in [0.25, 0.3) is 33.7 Å². The van der Waals surface area contributed by atoms with E-state index in [9.17, 15) is 10.0 Å². The van der Waals surface area contributed by atoms with Crippen molar-refractivity contribution in [2.75, 3.05) is 6.61 Å². The van der Waals surface area contributed by atoms with Crippen LogP contribution in [0.15, 0.2) is 79.3 Å². The summed E-state index contributed by atoms with van der Waals surface area (Å²) in [6.45, 7) is 6.40. The normalized spacial score (nSPS) is 11.7. The molecular weight excluding hydrogens is 412 g/mol. The molecule has 0 unspecified atom stereocenters. The van der Waals surface area contributed by atoms with Gasteiger partial charge in [-0.2, -0.15) is 0 Å². The van der Waals surface area contributed by atoms with E-state index in [1.807, 2.05) is 30.5 Å². The van der Waals surface area contributed by atoms with Crippen molar-refractivity contribution < 1.29 is 19.5 Å². The first-order chi connectivity index (χ1) is 16.0. The maximum atomic E-state index is 12.7. The number of fused-ring (bicyclic) bond motifs is 1. The summed E-state index contributed by atoms with van der Waals surface area (Å²) in [5, 5.41) is 10.9. The lowest BCUT2D eigenvalue weighted by atomic mass is 9.93. The number of carbonyl (C=O) groups is 1. The molecule has 0 amide bonds. The highest BCUT2D eigenvalue weighted by atomic mass is 16.5. The summed E-state index contributed by atoms with van der Waals surface area (Å²) < 4.78 is 6.20. The number of rotatable bonds is 6. The zero-order valence-electron chi connectivity index (χ0n) is 19.0. The molecule has 0 atom stereocenters. The van der Waals surface area contributed by atoms with Crippen LogP contribution >= 0.6 is 0 Å². The first kappa shape index (κ1) is 22.2. The fourth-order valence-electron chi connectivity index (χ4n) is 3.82. The van der Waals surface area contributed by atoms with Crippen LogP contribution in [0.2, 0.25) is 0 Å². The number of benzene rings is 2. The Morgan fingerprint density at radius 3 is 2.73 bits per heavy atom. The molecule has 0 aliphatic rings. The van der Waals surface area contributed by atoms with Gasteiger partial charge in [-0.05, 0) is 65.9 Å². The number of aromatic nitrogens is 2. The molecule has 0 fully saturated rings. The van der Waals surface area contributed by atoms with Gasteiger partial charge in [0.05, 0.1) is 23.3 Å². The predicted octanol–water partition coefficient (Wildman–Crippen LogP) is 5.65. The van der Waals surface area contributed by atoms with Crippen molar-refractivity contribution in [1.82, 2.24) is 4.98 Å². The van der Waals surface area contributed by atoms with Gasteiger partial charge in [-0.3, -0.25) is 10.2 Å². The van der Waals surface area contributed by atoms with Crippen LogP contribution in [0.5, 0.6) is 0 Å². The van der Waals surface area contributed by atoms with E-state index >= 15 is 0 Å². The molecule has 2 aromatic carbocycles. The van der Waals surface area contributed by atoms with Gasteiger partial charge < -0.3 is 4.74 Å². The lowest BCUT2D eigenvalue weighted by Crippen LogP contribution is -2.29. The van der Waals surface area contributed by atoms with Gasteiger partial charge in [0.1, 0.15) is 0 Å². The number of hydrogen-bond donors (Lipinski definition) is 1. The van der Waals surface area contributed by atoms with Gasteiger partial charge in [-0.25, -0.2) is 4.79 Å². The molecule has 2 aromatic heterocycles. The van der Waals surface area contributed by atoms with Crippen molar-refractivity contribution >= 4 is 28.5 Å². The van der Waals surface area contributed by atoms with Crippen LogP contribution in [0.3, 0.4) is 0 Å². The molecule has 2 heterocycles. The summed E-state index contributed by atoms with van der Waals surface area (Å²) in [6, 6.07) is 19.9. The minimum Gasteiger partial charge on any atom is -0.462 e. The van der Waals surface area contributed by atoms with Crippen molar-refractivity contribution in [3.8, 4) is 11.1 Å². The lowest BCUT2D eigenvalue weighted by molar-refractivity contribution is -0.904. The van der Waals surface area contributed by atoms with Gasteiger partial charge in [-0.15, -0.1) is 0 Å². The Kier molecular flexibility index (Phi) is 6.50. The molecule has 0 aliphatic carbocycles. The third kappa shape index (κ3) is 4.93. The van der Waals surface area contributed by atoms with Gasteiger partial charge >= 0.3 is 5.97 Å². The number of ether oxygens (including phenoxy) is 1. The Morgan fingerprint density at radius 1 is 1.12 bits per heavy atom. The maximum absolute atomic E-state index is 12.7. The largest absolute Gasteiger partial charge is 0.462 e. The van der Waals surface area contributed by atoms with Gasteiger partial charge in [-0.1, -0.05) is 38.1 Å². The van der Waals surface area contributed by atoms with Crippen molar-refractivity contribution in [2.45, 2.75) is 26.7 Å². The quantitative estimate of drug-likeness (QED) is 0.182. The summed E-state index contributed by atoms with van der Waals surface area (Å²) in [5.74, 6) is -0.0573. The van der Waals surface area contributed by atoms with Crippen molar-refractivity contribution in [3.05, 3.63) is 95.9 Å². The lowest BCUT2D eigenvalue weighted by Gasteiger charge is -2.13. The van der Waals surface area contributed by atoms with Gasteiger partial charge in [0.2, 0.25) is 12.4 Å². The minimum absolute atomic E-state index is 0.266. The molecule has 0 spiro atoms. The van der Waals surface area contributed by atoms with Gasteiger partial charge in [0.25, 0.3) is 0 Å². The summed E-state index contributed by atoms with van der Waals surface area (Å²) in [6.07, 6.45) is 6.57. The highest BCUT2D eigenvalue weighted by Crippen LogP contribution is 2.32. The molecule has 0 bridgehead atoms. The second-order valence-electron chi connectivity index (χ2n) is 8.17. The van der Waals surface area contributed by atoms with E-state index in [-0.39, 0.29) is 6.61 Å². The molecule has 5 heteroatoms. The number of hydrogen-bond acceptors (Lipinski definition) is 4. The third-order valence-corrected chi connectivity index (χ3v) is 5.49. The van der Waals surface area contributed by atoms with Crippen LogP contribution in [-0.2, 0) is 9.53 Å². The van der Waals surface area contributed by atoms with E-state index in [1.54, 1.807) is 25.1 Å². The first-order valence-electron chi connectivity index (χ1n) is 11.0. The van der Waals surface area contributed by atoms with E-state index in [4.69, 9.17) is 4.74 Å². The summed E-state index contributed by atoms with van der Waals surface area (Å²) >= 11 is 0. The molecule has 0 saturated carbocycles. The monoisotopic (exact) mass is 439 g/mol. The zero-order chi connectivity index (χ0) is 23.4. The Morgan fingerprint density at radius 2 is 1.97 bits per heavy atom. The van der Waals surface area contributed by atoms with Crippen molar-refractivity contribution in [3.63, 3.8) is 0 Å². The molecular formula is C28H27N2O3+. The van der Waals surface area contributed by atoms with Crippen molar-refractivity contribution in [2.24, 2.45) is 0 Å². The number of nitrogens with zero attached hydrogens (tertiary/aromatic N) is 2. The molecule has 0 aliphatic heterocycles. The van der Waals surface area contributed by atoms with Crippen LogP contribution in [0, 0.1) is 0 Å². The zero-order valence-corrected chi connectivity index (χ0v) is 19.0. The van der Waals surface area contributed by atoms with Crippen molar-refractivity contribution in [1.29, 1.82) is 0 Å². The summed E-state index contributed by atoms with van der Waals surface area (Å²) in [7, 11) is 0. The second-order valence-corrected chi connectivity index (χ2v) is 8.17. The molecule has 33 heavy (non-hydrogen) atoms. The fourth-order valence-corrected chi connectivity index (χ4v) is 3.82. The molecule has 0 radical (unpaired) electrons. The second kappa shape index (κ2) is 9.65. The third-order valence-electron chi connectivity index (χ3n) is 5.49. The standard InChI is InChI=1S/C28H27N2O3/c1-4-33-28(31)26(23-11-7-13-30(32)18-23)15-20-8-5-9-21(14-20)25-17-24(19(2)3)16-22-10-6-12-29-27(22)25/h5-19,32H,4H2,1-3H3/q+1/b26-15-. The fraction of sp³-hybridized carbons (Fsp3) is 0.179. The summed E-state index contributed by atoms with van der Waals surface area (Å²) in [4.78, 5) is 17.4. The Hall–Kier alpha value is -3.99. The van der Waals surface area contributed by atoms with E-state index < -0.39 is 5.97 Å². The van der Waals surface area contributed by atoms with E-state index in [0.29, 0.717) is 17.1 Å². The smallest absolute Gasteiger partial charge is 0.338 e. The Bertz CT molecular complexity index is 1340. The average molecular weight is 440 g/mol. The van der Waals surface area contributed by atoms with Crippen LogP contribution in [-0.4, -0.2) is 22.8 Å². The summed E-state index contributed by atoms with van der Waals surface area (Å²) in [5.41, 5.74) is 6.05. The molecule has 1 N–H and O–H groups in total. The number of carbonyl (C=O) groups excluding carboxylic acids is 1. The Balaban J connectivity index is 1.85. The van der Waals surface area contributed by atoms with E-state index in [2.05, 4.69) is 43.1 Å². The Labute approximate surface area is 193 Å². The molecule has 166 valence electrons. The highest BCUT2D eigenvalue weighted by molar-refractivity contribution is 6.21. The van der Waals surface area contributed by atoms with E-state index in [0.717, 1.165) is 32.3 Å². The number of esters is 1. The van der Waals surface area contributed by atoms with Crippen LogP contribution in [0.1, 0.15) is 43.4 Å². The SMILES string of the molecule is CCOC(=O)/C(=C\c1cccc(-c2cc(C(C)C)cc3cccnc23)c1)c1ccc[n+](O)c1. The maximum Gasteiger partial charge on any atom is 0.338 e. The molecule has 4 aromatic rings.